The molecule has 1 heterocycles. The molecule has 0 bridgehead atoms. The van der Waals surface area contributed by atoms with Crippen molar-refractivity contribution in [1.82, 2.24) is 14.5 Å². The number of halogens is 3. The van der Waals surface area contributed by atoms with Crippen LogP contribution in [-0.2, 0) is 9.59 Å². The van der Waals surface area contributed by atoms with Gasteiger partial charge in [-0.2, -0.15) is 13.2 Å². The molecule has 1 aliphatic carbocycles. The van der Waals surface area contributed by atoms with Crippen molar-refractivity contribution in [2.75, 3.05) is 12.8 Å². The van der Waals surface area contributed by atoms with Crippen molar-refractivity contribution >= 4 is 28.9 Å². The van der Waals surface area contributed by atoms with Gasteiger partial charge in [0.25, 0.3) is 0 Å². The van der Waals surface area contributed by atoms with Gasteiger partial charge >= 0.3 is 12.1 Å². The molecule has 0 aliphatic heterocycles. The van der Waals surface area contributed by atoms with E-state index in [1.54, 1.807) is 0 Å². The van der Waals surface area contributed by atoms with Crippen LogP contribution in [0, 0.1) is 0 Å². The molecule has 0 saturated heterocycles. The van der Waals surface area contributed by atoms with Crippen LogP contribution in [0.3, 0.4) is 0 Å². The summed E-state index contributed by atoms with van der Waals surface area (Å²) < 4.78 is 39.8. The molecule has 11 heteroatoms. The first kappa shape index (κ1) is 29.8. The fourth-order valence-electron chi connectivity index (χ4n) is 4.82. The highest BCUT2D eigenvalue weighted by molar-refractivity contribution is 5.80. The lowest BCUT2D eigenvalue weighted by atomic mass is 9.94. The Morgan fingerprint density at radius 2 is 1.77 bits per heavy atom. The summed E-state index contributed by atoms with van der Waals surface area (Å²) >= 11 is 0. The van der Waals surface area contributed by atoms with Crippen LogP contribution in [0.25, 0.3) is 11.0 Å². The number of imidazole rings is 1. The number of aliphatic carboxylic acids is 1. The highest BCUT2D eigenvalue weighted by Gasteiger charge is 2.38. The molecule has 0 radical (unpaired) electrons. The summed E-state index contributed by atoms with van der Waals surface area (Å²) in [6.45, 7) is 2.13. The number of anilines is 1. The molecule has 1 atom stereocenters. The molecule has 39 heavy (non-hydrogen) atoms. The number of carbonyl (C=O) groups is 2. The summed E-state index contributed by atoms with van der Waals surface area (Å²) in [7, 11) is 1.97. The Labute approximate surface area is 225 Å². The molecular weight excluding hydrogens is 513 g/mol. The van der Waals surface area contributed by atoms with Gasteiger partial charge in [0.1, 0.15) is 11.5 Å². The van der Waals surface area contributed by atoms with E-state index < -0.39 is 12.1 Å². The molecule has 4 rings (SSSR count). The van der Waals surface area contributed by atoms with Gasteiger partial charge in [0.05, 0.1) is 11.0 Å². The number of nitrogens with zero attached hydrogens (tertiary/aromatic N) is 3. The lowest BCUT2D eigenvalue weighted by molar-refractivity contribution is -0.192. The minimum absolute atomic E-state index is 0.107. The van der Waals surface area contributed by atoms with Gasteiger partial charge in [-0.25, -0.2) is 9.78 Å². The third-order valence-corrected chi connectivity index (χ3v) is 6.95. The van der Waals surface area contributed by atoms with Gasteiger partial charge in [-0.3, -0.25) is 4.79 Å². The second kappa shape index (κ2) is 13.3. The van der Waals surface area contributed by atoms with E-state index in [1.165, 1.54) is 19.3 Å². The Bertz CT molecular complexity index is 1240. The van der Waals surface area contributed by atoms with E-state index in [1.807, 2.05) is 60.5 Å². The SMILES string of the molecule is CCC(CCC(=O)N(C)C1CCCCC1)n1c(N)nc2ccc(Oc3ccccc3)cc21.O=C(O)C(F)(F)F. The Balaban J connectivity index is 0.000000532. The second-order valence-corrected chi connectivity index (χ2v) is 9.61. The van der Waals surface area contributed by atoms with Crippen LogP contribution in [0.1, 0.15) is 64.3 Å². The Hall–Kier alpha value is -3.76. The van der Waals surface area contributed by atoms with Crippen molar-refractivity contribution in [1.29, 1.82) is 0 Å². The number of rotatable bonds is 8. The zero-order valence-electron chi connectivity index (χ0n) is 22.2. The van der Waals surface area contributed by atoms with Crippen molar-refractivity contribution < 1.29 is 32.6 Å². The number of carbonyl (C=O) groups excluding carboxylic acids is 1. The first-order valence-electron chi connectivity index (χ1n) is 13.1. The lowest BCUT2D eigenvalue weighted by Gasteiger charge is -2.31. The zero-order valence-corrected chi connectivity index (χ0v) is 22.2. The van der Waals surface area contributed by atoms with E-state index in [9.17, 15) is 18.0 Å². The predicted octanol–water partition coefficient (Wildman–Crippen LogP) is 6.57. The molecule has 1 aliphatic rings. The number of carboxylic acids is 1. The van der Waals surface area contributed by atoms with Crippen molar-refractivity contribution in [3.8, 4) is 11.5 Å². The van der Waals surface area contributed by atoms with E-state index in [0.717, 1.165) is 48.2 Å². The van der Waals surface area contributed by atoms with Gasteiger partial charge in [-0.15, -0.1) is 0 Å². The van der Waals surface area contributed by atoms with Gasteiger partial charge in [0, 0.05) is 31.6 Å². The van der Waals surface area contributed by atoms with E-state index in [4.69, 9.17) is 20.4 Å². The zero-order chi connectivity index (χ0) is 28.6. The molecule has 8 nitrogen and oxygen atoms in total. The number of para-hydroxylation sites is 1. The van der Waals surface area contributed by atoms with E-state index >= 15 is 0 Å². The Kier molecular flexibility index (Phi) is 10.2. The van der Waals surface area contributed by atoms with E-state index in [-0.39, 0.29) is 11.9 Å². The minimum atomic E-state index is -5.08. The number of alkyl halides is 3. The normalized spacial score (nSPS) is 14.8. The number of hydrogen-bond acceptors (Lipinski definition) is 5. The summed E-state index contributed by atoms with van der Waals surface area (Å²) in [5.74, 6) is -0.516. The number of nitrogen functional groups attached to an aromatic ring is 1. The average Bonchev–Trinajstić information content (AvgIpc) is 3.24. The summed E-state index contributed by atoms with van der Waals surface area (Å²) in [6, 6.07) is 16.1. The van der Waals surface area contributed by atoms with Crippen molar-refractivity contribution in [3.05, 3.63) is 48.5 Å². The Morgan fingerprint density at radius 3 is 2.36 bits per heavy atom. The number of nitrogens with two attached hydrogens (primary N) is 1. The largest absolute Gasteiger partial charge is 0.490 e. The van der Waals surface area contributed by atoms with Gasteiger partial charge in [-0.05, 0) is 49.9 Å². The first-order chi connectivity index (χ1) is 18.5. The molecule has 1 amide bonds. The molecule has 0 spiro atoms. The van der Waals surface area contributed by atoms with Crippen molar-refractivity contribution in [2.45, 2.75) is 76.6 Å². The highest BCUT2D eigenvalue weighted by atomic mass is 19.4. The number of carboxylic acid groups (broad SMARTS) is 1. The monoisotopic (exact) mass is 548 g/mol. The number of fused-ring (bicyclic) bond motifs is 1. The van der Waals surface area contributed by atoms with Gasteiger partial charge in [-0.1, -0.05) is 44.4 Å². The molecular formula is C28H35F3N4O4. The molecule has 2 aromatic carbocycles. The average molecular weight is 549 g/mol. The minimum Gasteiger partial charge on any atom is -0.475 e. The van der Waals surface area contributed by atoms with Gasteiger partial charge < -0.3 is 25.0 Å². The van der Waals surface area contributed by atoms with Crippen molar-refractivity contribution in [3.63, 3.8) is 0 Å². The molecule has 1 unspecified atom stereocenters. The smallest absolute Gasteiger partial charge is 0.475 e. The van der Waals surface area contributed by atoms with Crippen LogP contribution < -0.4 is 10.5 Å². The number of ether oxygens (including phenoxy) is 1. The fourth-order valence-corrected chi connectivity index (χ4v) is 4.82. The highest BCUT2D eigenvalue weighted by Crippen LogP contribution is 2.32. The summed E-state index contributed by atoms with van der Waals surface area (Å²) in [5, 5.41) is 7.12. The number of aromatic nitrogens is 2. The molecule has 1 fully saturated rings. The second-order valence-electron chi connectivity index (χ2n) is 9.61. The summed E-state index contributed by atoms with van der Waals surface area (Å²) in [5.41, 5.74) is 8.11. The third kappa shape index (κ3) is 8.11. The summed E-state index contributed by atoms with van der Waals surface area (Å²) in [6.07, 6.45) is 3.05. The molecule has 3 aromatic rings. The number of amides is 1. The maximum absolute atomic E-state index is 12.9. The van der Waals surface area contributed by atoms with Crippen LogP contribution in [0.5, 0.6) is 11.5 Å². The number of benzene rings is 2. The van der Waals surface area contributed by atoms with Crippen LogP contribution in [0.4, 0.5) is 19.1 Å². The Morgan fingerprint density at radius 1 is 1.13 bits per heavy atom. The molecule has 1 aromatic heterocycles. The maximum atomic E-state index is 12.9. The van der Waals surface area contributed by atoms with Gasteiger partial charge in [0.15, 0.2) is 0 Å². The topological polar surface area (TPSA) is 111 Å². The molecule has 1 saturated carbocycles. The van der Waals surface area contributed by atoms with Crippen LogP contribution in [0.15, 0.2) is 48.5 Å². The van der Waals surface area contributed by atoms with Crippen LogP contribution in [-0.4, -0.2) is 50.7 Å². The maximum Gasteiger partial charge on any atom is 0.490 e. The fraction of sp³-hybridized carbons (Fsp3) is 0.464. The third-order valence-electron chi connectivity index (χ3n) is 6.95. The van der Waals surface area contributed by atoms with Crippen LogP contribution >= 0.6 is 0 Å². The molecule has 3 N–H and O–H groups in total. The molecule has 212 valence electrons. The predicted molar refractivity (Wildman–Crippen MR) is 143 cm³/mol. The lowest BCUT2D eigenvalue weighted by Crippen LogP contribution is -2.38. The van der Waals surface area contributed by atoms with Crippen molar-refractivity contribution in [2.24, 2.45) is 0 Å². The van der Waals surface area contributed by atoms with Crippen LogP contribution in [0.2, 0.25) is 0 Å². The van der Waals surface area contributed by atoms with Gasteiger partial charge in [0.2, 0.25) is 11.9 Å². The first-order valence-corrected chi connectivity index (χ1v) is 13.1. The quantitative estimate of drug-likeness (QED) is 0.330. The summed E-state index contributed by atoms with van der Waals surface area (Å²) in [4.78, 5) is 28.3. The van der Waals surface area contributed by atoms with E-state index in [0.29, 0.717) is 18.4 Å². The van der Waals surface area contributed by atoms with E-state index in [2.05, 4.69) is 16.5 Å². The number of hydrogen-bond donors (Lipinski definition) is 2. The standard InChI is InChI=1S/C26H34N4O2.C2HF3O2/c1-3-19(14-17-25(31)29(2)20-10-6-4-7-11-20)30-24-18-22(15-16-23(24)28-26(30)27)32-21-12-8-5-9-13-21;3-2(4,5)1(6)7/h5,8-9,12-13,15-16,18-20H,3-4,6-7,10-11,14,17H2,1-2H3,(H2,27,28);(H,6,7).